The van der Waals surface area contributed by atoms with Crippen LogP contribution < -0.4 is 5.32 Å². The highest BCUT2D eigenvalue weighted by molar-refractivity contribution is 5.81. The van der Waals surface area contributed by atoms with E-state index in [1.807, 2.05) is 6.92 Å². The predicted octanol–water partition coefficient (Wildman–Crippen LogP) is 3.69. The van der Waals surface area contributed by atoms with Crippen LogP contribution in [0.5, 0.6) is 0 Å². The Kier molecular flexibility index (Phi) is 8.49. The second-order valence-corrected chi connectivity index (χ2v) is 6.77. The minimum Gasteiger partial charge on any atom is -0.343 e. The van der Waals surface area contributed by atoms with Gasteiger partial charge in [0.15, 0.2) is 0 Å². The van der Waals surface area contributed by atoms with Gasteiger partial charge in [0.2, 0.25) is 5.91 Å². The van der Waals surface area contributed by atoms with E-state index >= 15 is 0 Å². The fourth-order valence-corrected chi connectivity index (χ4v) is 2.85. The van der Waals surface area contributed by atoms with Crippen LogP contribution in [0, 0.1) is 17.2 Å². The molecule has 0 aliphatic heterocycles. The van der Waals surface area contributed by atoms with Crippen LogP contribution in [0.1, 0.15) is 57.7 Å². The minimum atomic E-state index is -0.281. The zero-order valence-electron chi connectivity index (χ0n) is 15.7. The number of nitrogens with one attached hydrogen (secondary N) is 1. The van der Waals surface area contributed by atoms with Crippen molar-refractivity contribution in [2.75, 3.05) is 13.6 Å². The Balaban J connectivity index is 2.78. The molecule has 0 aromatic heterocycles. The maximum Gasteiger partial charge on any atom is 0.239 e. The first-order valence-corrected chi connectivity index (χ1v) is 8.87. The maximum absolute atomic E-state index is 12.4. The largest absolute Gasteiger partial charge is 0.343 e. The summed E-state index contributed by atoms with van der Waals surface area (Å²) in [5.74, 6) is 0.403. The topological polar surface area (TPSA) is 56.1 Å². The Morgan fingerprint density at radius 3 is 2.38 bits per heavy atom. The van der Waals surface area contributed by atoms with Gasteiger partial charge >= 0.3 is 0 Å². The Hall–Kier alpha value is -1.86. The average molecular weight is 329 g/mol. The van der Waals surface area contributed by atoms with Crippen LogP contribution >= 0.6 is 0 Å². The first-order valence-electron chi connectivity index (χ1n) is 8.87. The summed E-state index contributed by atoms with van der Waals surface area (Å²) in [6, 6.07) is 10.6. The standard InChI is InChI=1S/C20H31N3O/c1-6-8-17-9-11-18(12-10-17)19(15(2)3)22-16(4)20(24)23(5)14-7-13-21/h9-12,15-16,19,22H,6-8,14H2,1-5H3. The third kappa shape index (κ3) is 5.98. The van der Waals surface area contributed by atoms with Gasteiger partial charge in [-0.05, 0) is 30.4 Å². The van der Waals surface area contributed by atoms with Gasteiger partial charge in [-0.2, -0.15) is 5.26 Å². The van der Waals surface area contributed by atoms with Crippen molar-refractivity contribution in [2.45, 2.75) is 59.0 Å². The van der Waals surface area contributed by atoms with E-state index < -0.39 is 0 Å². The van der Waals surface area contributed by atoms with Crippen molar-refractivity contribution in [3.05, 3.63) is 35.4 Å². The number of nitrogens with zero attached hydrogens (tertiary/aromatic N) is 2. The van der Waals surface area contributed by atoms with Crippen LogP contribution in [0.15, 0.2) is 24.3 Å². The average Bonchev–Trinajstić information content (AvgIpc) is 2.57. The molecule has 0 bridgehead atoms. The molecule has 0 radical (unpaired) electrons. The van der Waals surface area contributed by atoms with Crippen molar-refractivity contribution in [1.82, 2.24) is 10.2 Å². The number of aryl methyl sites for hydroxylation is 1. The van der Waals surface area contributed by atoms with Crippen LogP contribution in [0.25, 0.3) is 0 Å². The lowest BCUT2D eigenvalue weighted by atomic mass is 9.94. The molecule has 4 nitrogen and oxygen atoms in total. The molecule has 0 saturated heterocycles. The van der Waals surface area contributed by atoms with E-state index in [0.717, 1.165) is 12.8 Å². The van der Waals surface area contributed by atoms with Gasteiger partial charge in [-0.3, -0.25) is 10.1 Å². The zero-order chi connectivity index (χ0) is 18.1. The molecule has 2 atom stereocenters. The lowest BCUT2D eigenvalue weighted by Gasteiger charge is -2.29. The molecule has 0 saturated carbocycles. The number of amides is 1. The number of likely N-dealkylation sites (N-methyl/N-ethyl adjacent to an activating group) is 1. The number of carbonyl (C=O) groups excluding carboxylic acids is 1. The molecule has 1 aromatic carbocycles. The van der Waals surface area contributed by atoms with Gasteiger partial charge in [-0.1, -0.05) is 51.5 Å². The van der Waals surface area contributed by atoms with Crippen molar-refractivity contribution in [3.63, 3.8) is 0 Å². The molecular weight excluding hydrogens is 298 g/mol. The normalized spacial score (nSPS) is 13.4. The Morgan fingerprint density at radius 1 is 1.25 bits per heavy atom. The monoisotopic (exact) mass is 329 g/mol. The highest BCUT2D eigenvalue weighted by Crippen LogP contribution is 2.23. The van der Waals surface area contributed by atoms with E-state index in [2.05, 4.69) is 56.4 Å². The van der Waals surface area contributed by atoms with E-state index in [1.54, 1.807) is 11.9 Å². The Morgan fingerprint density at radius 2 is 1.88 bits per heavy atom. The van der Waals surface area contributed by atoms with Gasteiger partial charge in [0.05, 0.1) is 18.5 Å². The van der Waals surface area contributed by atoms with E-state index in [9.17, 15) is 4.79 Å². The number of rotatable bonds is 9. The van der Waals surface area contributed by atoms with Crippen molar-refractivity contribution in [2.24, 2.45) is 5.92 Å². The molecule has 0 aliphatic rings. The SMILES string of the molecule is CCCc1ccc(C(NC(C)C(=O)N(C)CCC#N)C(C)C)cc1. The van der Waals surface area contributed by atoms with Gasteiger partial charge < -0.3 is 4.90 Å². The number of hydrogen-bond donors (Lipinski definition) is 1. The molecule has 0 spiro atoms. The Labute approximate surface area is 146 Å². The molecule has 2 unspecified atom stereocenters. The fourth-order valence-electron chi connectivity index (χ4n) is 2.85. The van der Waals surface area contributed by atoms with Crippen LogP contribution in [0.2, 0.25) is 0 Å². The second kappa shape index (κ2) is 10.1. The molecule has 0 heterocycles. The first kappa shape index (κ1) is 20.2. The highest BCUT2D eigenvalue weighted by atomic mass is 16.2. The predicted molar refractivity (Wildman–Crippen MR) is 98.5 cm³/mol. The van der Waals surface area contributed by atoms with E-state index in [4.69, 9.17) is 5.26 Å². The molecule has 0 fully saturated rings. The summed E-state index contributed by atoms with van der Waals surface area (Å²) in [5, 5.41) is 12.1. The summed E-state index contributed by atoms with van der Waals surface area (Å²) in [6.07, 6.45) is 2.60. The molecule has 24 heavy (non-hydrogen) atoms. The van der Waals surface area contributed by atoms with Gasteiger partial charge in [0, 0.05) is 19.6 Å². The summed E-state index contributed by atoms with van der Waals surface area (Å²) < 4.78 is 0. The molecule has 132 valence electrons. The molecule has 1 aromatic rings. The smallest absolute Gasteiger partial charge is 0.239 e. The number of hydrogen-bond acceptors (Lipinski definition) is 3. The van der Waals surface area contributed by atoms with Crippen LogP contribution in [-0.4, -0.2) is 30.4 Å². The third-order valence-electron chi connectivity index (χ3n) is 4.28. The summed E-state index contributed by atoms with van der Waals surface area (Å²) in [4.78, 5) is 14.1. The van der Waals surface area contributed by atoms with E-state index in [1.165, 1.54) is 11.1 Å². The van der Waals surface area contributed by atoms with Gasteiger partial charge in [-0.15, -0.1) is 0 Å². The molecule has 1 N–H and O–H groups in total. The van der Waals surface area contributed by atoms with E-state index in [0.29, 0.717) is 18.9 Å². The van der Waals surface area contributed by atoms with Crippen molar-refractivity contribution < 1.29 is 4.79 Å². The quantitative estimate of drug-likeness (QED) is 0.752. The van der Waals surface area contributed by atoms with Crippen molar-refractivity contribution in [3.8, 4) is 6.07 Å². The Bertz CT molecular complexity index is 545. The first-order chi connectivity index (χ1) is 11.4. The van der Waals surface area contributed by atoms with Gasteiger partial charge in [0.25, 0.3) is 0 Å². The molecule has 1 amide bonds. The summed E-state index contributed by atoms with van der Waals surface area (Å²) >= 11 is 0. The maximum atomic E-state index is 12.4. The molecule has 4 heteroatoms. The van der Waals surface area contributed by atoms with E-state index in [-0.39, 0.29) is 18.0 Å². The van der Waals surface area contributed by atoms with Crippen molar-refractivity contribution >= 4 is 5.91 Å². The van der Waals surface area contributed by atoms with Gasteiger partial charge in [0.1, 0.15) is 0 Å². The fraction of sp³-hybridized carbons (Fsp3) is 0.600. The van der Waals surface area contributed by atoms with Crippen LogP contribution in [0.3, 0.4) is 0 Å². The summed E-state index contributed by atoms with van der Waals surface area (Å²) in [5.41, 5.74) is 2.56. The lowest BCUT2D eigenvalue weighted by molar-refractivity contribution is -0.131. The van der Waals surface area contributed by atoms with Crippen molar-refractivity contribution in [1.29, 1.82) is 5.26 Å². The van der Waals surface area contributed by atoms with Crippen LogP contribution in [0.4, 0.5) is 0 Å². The molecule has 1 rings (SSSR count). The minimum absolute atomic E-state index is 0.0264. The molecular formula is C20H31N3O. The van der Waals surface area contributed by atoms with Crippen LogP contribution in [-0.2, 0) is 11.2 Å². The summed E-state index contributed by atoms with van der Waals surface area (Å²) in [6.45, 7) is 8.87. The lowest BCUT2D eigenvalue weighted by Crippen LogP contribution is -2.45. The van der Waals surface area contributed by atoms with Gasteiger partial charge in [-0.25, -0.2) is 0 Å². The third-order valence-corrected chi connectivity index (χ3v) is 4.28. The number of benzene rings is 1. The summed E-state index contributed by atoms with van der Waals surface area (Å²) in [7, 11) is 1.75. The zero-order valence-corrected chi connectivity index (χ0v) is 15.7. The second-order valence-electron chi connectivity index (χ2n) is 6.77. The number of carbonyl (C=O) groups is 1. The molecule has 0 aliphatic carbocycles. The number of nitriles is 1. The highest BCUT2D eigenvalue weighted by Gasteiger charge is 2.23.